The number of hydrogen-bond acceptors (Lipinski definition) is 7. The summed E-state index contributed by atoms with van der Waals surface area (Å²) in [5.74, 6) is 0.0711. The second-order valence-electron chi connectivity index (χ2n) is 6.22. The third-order valence-electron chi connectivity index (χ3n) is 4.06. The summed E-state index contributed by atoms with van der Waals surface area (Å²) in [5.41, 5.74) is 1.14. The molecular formula is C21H17N5O4S. The monoisotopic (exact) mass is 435 g/mol. The molecule has 3 rings (SSSR count). The van der Waals surface area contributed by atoms with Gasteiger partial charge in [0.15, 0.2) is 10.8 Å². The van der Waals surface area contributed by atoms with E-state index in [0.717, 1.165) is 0 Å². The fourth-order valence-corrected chi connectivity index (χ4v) is 2.92. The van der Waals surface area contributed by atoms with Crippen LogP contribution in [0.25, 0.3) is 0 Å². The third-order valence-corrected chi connectivity index (χ3v) is 4.35. The highest BCUT2D eigenvalue weighted by Crippen LogP contribution is 2.20. The van der Waals surface area contributed by atoms with E-state index in [4.69, 9.17) is 12.2 Å². The van der Waals surface area contributed by atoms with Gasteiger partial charge in [0.05, 0.1) is 9.85 Å². The molecule has 3 N–H and O–H groups in total. The Hall–Kier alpha value is -4.31. The largest absolute Gasteiger partial charge is 0.343 e. The van der Waals surface area contributed by atoms with Crippen molar-refractivity contribution < 1.29 is 9.85 Å². The quantitative estimate of drug-likeness (QED) is 0.195. The Morgan fingerprint density at radius 3 is 1.55 bits per heavy atom. The van der Waals surface area contributed by atoms with Crippen LogP contribution < -0.4 is 16.0 Å². The topological polar surface area (TPSA) is 122 Å². The van der Waals surface area contributed by atoms with Crippen LogP contribution in [0.2, 0.25) is 0 Å². The van der Waals surface area contributed by atoms with Crippen molar-refractivity contribution in [1.82, 2.24) is 0 Å². The molecule has 3 aromatic carbocycles. The molecule has 3 aromatic rings. The molecule has 0 spiro atoms. The lowest BCUT2D eigenvalue weighted by molar-refractivity contribution is -0.415. The number of benzene rings is 3. The first-order valence-corrected chi connectivity index (χ1v) is 9.43. The number of anilines is 3. The molecule has 31 heavy (non-hydrogen) atoms. The highest BCUT2D eigenvalue weighted by Gasteiger charge is 2.25. The van der Waals surface area contributed by atoms with Gasteiger partial charge in [-0.3, -0.25) is 20.2 Å². The third kappa shape index (κ3) is 5.84. The van der Waals surface area contributed by atoms with Crippen molar-refractivity contribution in [2.24, 2.45) is 0 Å². The van der Waals surface area contributed by atoms with Crippen LogP contribution in [0, 0.1) is 20.2 Å². The van der Waals surface area contributed by atoms with Gasteiger partial charge in [0, 0.05) is 29.2 Å². The summed E-state index contributed by atoms with van der Waals surface area (Å²) in [5, 5.41) is 31.6. The van der Waals surface area contributed by atoms with E-state index >= 15 is 0 Å². The van der Waals surface area contributed by atoms with Crippen LogP contribution in [-0.2, 0) is 0 Å². The maximum absolute atomic E-state index is 11.9. The second kappa shape index (κ2) is 9.94. The van der Waals surface area contributed by atoms with Crippen molar-refractivity contribution in [3.8, 4) is 0 Å². The van der Waals surface area contributed by atoms with Crippen LogP contribution in [0.5, 0.6) is 0 Å². The molecule has 10 heteroatoms. The lowest BCUT2D eigenvalue weighted by Gasteiger charge is -2.15. The Balaban J connectivity index is 1.96. The first-order valence-electron chi connectivity index (χ1n) is 9.02. The maximum Gasteiger partial charge on any atom is 0.343 e. The Labute approximate surface area is 182 Å². The predicted molar refractivity (Wildman–Crippen MR) is 123 cm³/mol. The predicted octanol–water partition coefficient (Wildman–Crippen LogP) is 5.00. The first kappa shape index (κ1) is 21.4. The second-order valence-corrected chi connectivity index (χ2v) is 6.63. The van der Waals surface area contributed by atoms with Gasteiger partial charge in [0.1, 0.15) is 0 Å². The van der Waals surface area contributed by atoms with Crippen molar-refractivity contribution in [2.75, 3.05) is 16.0 Å². The van der Waals surface area contributed by atoms with Crippen molar-refractivity contribution in [3.05, 3.63) is 117 Å². The van der Waals surface area contributed by atoms with Crippen molar-refractivity contribution in [2.45, 2.75) is 0 Å². The van der Waals surface area contributed by atoms with Crippen LogP contribution in [0.15, 0.2) is 96.4 Å². The van der Waals surface area contributed by atoms with Gasteiger partial charge < -0.3 is 16.0 Å². The van der Waals surface area contributed by atoms with Gasteiger partial charge in [-0.1, -0.05) is 48.6 Å². The summed E-state index contributed by atoms with van der Waals surface area (Å²) < 4.78 is 0. The van der Waals surface area contributed by atoms with E-state index in [2.05, 4.69) is 16.0 Å². The van der Waals surface area contributed by atoms with E-state index in [-0.39, 0.29) is 22.2 Å². The van der Waals surface area contributed by atoms with Gasteiger partial charge in [-0.2, -0.15) is 0 Å². The van der Waals surface area contributed by atoms with Crippen LogP contribution in [0.4, 0.5) is 22.7 Å². The Bertz CT molecular complexity index is 1080. The number of nitro benzene ring substituents is 1. The van der Waals surface area contributed by atoms with Gasteiger partial charge in [0.2, 0.25) is 0 Å². The zero-order valence-corrected chi connectivity index (χ0v) is 16.8. The Morgan fingerprint density at radius 1 is 0.677 bits per heavy atom. The zero-order valence-electron chi connectivity index (χ0n) is 16.0. The zero-order chi connectivity index (χ0) is 22.2. The average Bonchev–Trinajstić information content (AvgIpc) is 2.75. The molecule has 0 saturated carbocycles. The molecule has 0 bridgehead atoms. The van der Waals surface area contributed by atoms with E-state index in [1.54, 1.807) is 48.5 Å². The molecule has 0 aliphatic carbocycles. The summed E-state index contributed by atoms with van der Waals surface area (Å²) in [6.07, 6.45) is 0. The van der Waals surface area contributed by atoms with Crippen molar-refractivity contribution in [1.29, 1.82) is 0 Å². The number of nitrogens with zero attached hydrogens (tertiary/aromatic N) is 2. The van der Waals surface area contributed by atoms with E-state index in [1.165, 1.54) is 24.3 Å². The molecule has 0 aliphatic rings. The average molecular weight is 435 g/mol. The number of rotatable bonds is 8. The molecule has 0 aliphatic heterocycles. The van der Waals surface area contributed by atoms with Crippen LogP contribution in [-0.4, -0.2) is 14.8 Å². The summed E-state index contributed by atoms with van der Waals surface area (Å²) >= 11 is 5.30. The fraction of sp³-hybridized carbons (Fsp3) is 0. The van der Waals surface area contributed by atoms with E-state index < -0.39 is 9.85 Å². The SMILES string of the molecule is O=[N+]([O-])C(C(=S)Nc1ccc([N+](=O)[O-])cc1)=C(Nc1ccccc1)Nc1ccccc1. The summed E-state index contributed by atoms with van der Waals surface area (Å²) in [6.45, 7) is 0. The molecule has 0 atom stereocenters. The molecule has 0 unspecified atom stereocenters. The normalized spacial score (nSPS) is 9.94. The van der Waals surface area contributed by atoms with Crippen molar-refractivity contribution in [3.63, 3.8) is 0 Å². The van der Waals surface area contributed by atoms with E-state index in [9.17, 15) is 20.2 Å². The molecule has 0 aromatic heterocycles. The first-order chi connectivity index (χ1) is 14.9. The smallest absolute Gasteiger partial charge is 0.341 e. The molecule has 0 heterocycles. The van der Waals surface area contributed by atoms with Crippen molar-refractivity contribution >= 4 is 40.0 Å². The van der Waals surface area contributed by atoms with Gasteiger partial charge >= 0.3 is 5.70 Å². The lowest BCUT2D eigenvalue weighted by atomic mass is 10.2. The van der Waals surface area contributed by atoms with Gasteiger partial charge in [-0.05, 0) is 36.4 Å². The van der Waals surface area contributed by atoms with E-state index in [0.29, 0.717) is 17.1 Å². The minimum Gasteiger partial charge on any atom is -0.341 e. The van der Waals surface area contributed by atoms with Gasteiger partial charge in [-0.15, -0.1) is 0 Å². The summed E-state index contributed by atoms with van der Waals surface area (Å²) in [4.78, 5) is 21.5. The maximum atomic E-state index is 11.9. The molecule has 0 fully saturated rings. The highest BCUT2D eigenvalue weighted by atomic mass is 32.1. The molecule has 0 amide bonds. The summed E-state index contributed by atoms with van der Waals surface area (Å²) in [7, 11) is 0. The van der Waals surface area contributed by atoms with Crippen LogP contribution in [0.1, 0.15) is 0 Å². The van der Waals surface area contributed by atoms with Crippen LogP contribution >= 0.6 is 12.2 Å². The van der Waals surface area contributed by atoms with E-state index in [1.807, 2.05) is 12.1 Å². The number of thiocarbonyl (C=S) groups is 1. The molecular weight excluding hydrogens is 418 g/mol. The van der Waals surface area contributed by atoms with Gasteiger partial charge in [0.25, 0.3) is 5.69 Å². The molecule has 9 nitrogen and oxygen atoms in total. The summed E-state index contributed by atoms with van der Waals surface area (Å²) in [6, 6.07) is 23.3. The number of nitro groups is 2. The number of non-ortho nitro benzene ring substituents is 1. The molecule has 0 radical (unpaired) electrons. The molecule has 156 valence electrons. The Morgan fingerprint density at radius 2 is 1.13 bits per heavy atom. The van der Waals surface area contributed by atoms with Gasteiger partial charge in [-0.25, -0.2) is 0 Å². The number of hydrogen-bond donors (Lipinski definition) is 3. The molecule has 0 saturated heterocycles. The Kier molecular flexibility index (Phi) is 6.86. The number of para-hydroxylation sites is 2. The highest BCUT2D eigenvalue weighted by molar-refractivity contribution is 7.81. The standard InChI is InChI=1S/C21H17N5O4S/c27-25(28)18-13-11-17(12-14-18)24-21(31)19(26(29)30)20(22-15-7-3-1-4-8-15)23-16-9-5-2-6-10-16/h1-14,22-23H,(H,24,31). The minimum atomic E-state index is -0.595. The minimum absolute atomic E-state index is 0.0711. The fourth-order valence-electron chi connectivity index (χ4n) is 2.63. The van der Waals surface area contributed by atoms with Crippen LogP contribution in [0.3, 0.4) is 0 Å². The number of nitrogens with one attached hydrogen (secondary N) is 3. The lowest BCUT2D eigenvalue weighted by Crippen LogP contribution is -2.25.